The zero-order chi connectivity index (χ0) is 13.8. The smallest absolute Gasteiger partial charge is 0.0102 e. The molecule has 1 N–H and O–H groups in total. The number of hydrogen-bond acceptors (Lipinski definition) is 2. The summed E-state index contributed by atoms with van der Waals surface area (Å²) in [6, 6.07) is 0.586. The van der Waals surface area contributed by atoms with E-state index in [4.69, 9.17) is 0 Å². The quantitative estimate of drug-likeness (QED) is 0.780. The van der Waals surface area contributed by atoms with Crippen molar-refractivity contribution < 1.29 is 0 Å². The minimum atomic E-state index is 0.350. The van der Waals surface area contributed by atoms with Crippen LogP contribution in [0.2, 0.25) is 0 Å². The molecule has 1 rings (SSSR count). The maximum absolute atomic E-state index is 3.66. The van der Waals surface area contributed by atoms with Crippen LogP contribution in [0.1, 0.15) is 60.8 Å². The van der Waals surface area contributed by atoms with Gasteiger partial charge in [0.25, 0.3) is 0 Å². The van der Waals surface area contributed by atoms with E-state index in [0.717, 1.165) is 6.54 Å². The molecule has 1 aliphatic heterocycles. The Morgan fingerprint density at radius 2 is 2.00 bits per heavy atom. The first-order valence-electron chi connectivity index (χ1n) is 7.72. The van der Waals surface area contributed by atoms with Gasteiger partial charge in [-0.15, -0.1) is 0 Å². The van der Waals surface area contributed by atoms with Gasteiger partial charge in [-0.25, -0.2) is 0 Å². The van der Waals surface area contributed by atoms with E-state index < -0.39 is 0 Å². The van der Waals surface area contributed by atoms with Crippen molar-refractivity contribution in [3.8, 4) is 0 Å². The van der Waals surface area contributed by atoms with E-state index in [9.17, 15) is 0 Å². The molecule has 108 valence electrons. The molecule has 0 saturated carbocycles. The van der Waals surface area contributed by atoms with Gasteiger partial charge < -0.3 is 10.2 Å². The lowest BCUT2D eigenvalue weighted by atomic mass is 9.80. The Balaban J connectivity index is 2.48. The second kappa shape index (κ2) is 6.38. The van der Waals surface area contributed by atoms with Crippen molar-refractivity contribution in [1.29, 1.82) is 0 Å². The van der Waals surface area contributed by atoms with Gasteiger partial charge in [-0.05, 0) is 50.1 Å². The Bertz CT molecular complexity index is 245. The average molecular weight is 254 g/mol. The van der Waals surface area contributed by atoms with Crippen LogP contribution >= 0.6 is 0 Å². The van der Waals surface area contributed by atoms with Crippen molar-refractivity contribution in [3.05, 3.63) is 0 Å². The van der Waals surface area contributed by atoms with Gasteiger partial charge in [-0.2, -0.15) is 0 Å². The van der Waals surface area contributed by atoms with E-state index in [2.05, 4.69) is 51.8 Å². The first-order chi connectivity index (χ1) is 8.27. The highest BCUT2D eigenvalue weighted by molar-refractivity contribution is 4.87. The maximum atomic E-state index is 3.66. The van der Waals surface area contributed by atoms with Gasteiger partial charge in [0, 0.05) is 19.1 Å². The van der Waals surface area contributed by atoms with Crippen LogP contribution in [0.5, 0.6) is 0 Å². The van der Waals surface area contributed by atoms with Crippen LogP contribution in [0, 0.1) is 10.8 Å². The molecule has 1 unspecified atom stereocenters. The summed E-state index contributed by atoms with van der Waals surface area (Å²) in [5.41, 5.74) is 0.858. The largest absolute Gasteiger partial charge is 0.314 e. The summed E-state index contributed by atoms with van der Waals surface area (Å²) in [6.07, 6.45) is 3.96. The number of rotatable bonds is 6. The lowest BCUT2D eigenvalue weighted by Gasteiger charge is -2.43. The summed E-state index contributed by atoms with van der Waals surface area (Å²) in [5.74, 6) is 0. The normalized spacial score (nSPS) is 23.0. The van der Waals surface area contributed by atoms with Gasteiger partial charge in [-0.1, -0.05) is 34.6 Å². The van der Waals surface area contributed by atoms with Gasteiger partial charge in [-0.3, -0.25) is 0 Å². The zero-order valence-electron chi connectivity index (χ0n) is 13.5. The number of piperidine rings is 1. The van der Waals surface area contributed by atoms with E-state index in [1.807, 2.05) is 0 Å². The van der Waals surface area contributed by atoms with Crippen molar-refractivity contribution in [2.45, 2.75) is 66.8 Å². The second-order valence-corrected chi connectivity index (χ2v) is 7.64. The monoisotopic (exact) mass is 254 g/mol. The molecular formula is C16H34N2. The van der Waals surface area contributed by atoms with Crippen LogP contribution in [-0.4, -0.2) is 37.1 Å². The molecule has 1 atom stereocenters. The fourth-order valence-corrected chi connectivity index (χ4v) is 3.03. The van der Waals surface area contributed by atoms with E-state index >= 15 is 0 Å². The number of hydrogen-bond donors (Lipinski definition) is 1. The summed E-state index contributed by atoms with van der Waals surface area (Å²) in [6.45, 7) is 19.1. The molecule has 2 nitrogen and oxygen atoms in total. The fourth-order valence-electron chi connectivity index (χ4n) is 3.03. The Hall–Kier alpha value is -0.0800. The van der Waals surface area contributed by atoms with Crippen LogP contribution in [0.4, 0.5) is 0 Å². The predicted octanol–water partition coefficient (Wildman–Crippen LogP) is 3.52. The van der Waals surface area contributed by atoms with Crippen molar-refractivity contribution in [3.63, 3.8) is 0 Å². The molecule has 0 aromatic heterocycles. The van der Waals surface area contributed by atoms with Crippen molar-refractivity contribution in [1.82, 2.24) is 10.2 Å². The van der Waals surface area contributed by atoms with Gasteiger partial charge in [0.15, 0.2) is 0 Å². The Morgan fingerprint density at radius 1 is 1.33 bits per heavy atom. The highest BCUT2D eigenvalue weighted by Gasteiger charge is 2.32. The number of nitrogens with one attached hydrogen (secondary N) is 1. The molecule has 1 heterocycles. The summed E-state index contributed by atoms with van der Waals surface area (Å²) in [4.78, 5) is 2.67. The average Bonchev–Trinajstić information content (AvgIpc) is 2.23. The molecular weight excluding hydrogens is 220 g/mol. The van der Waals surface area contributed by atoms with Gasteiger partial charge in [0.05, 0.1) is 0 Å². The Kier molecular flexibility index (Phi) is 5.67. The summed E-state index contributed by atoms with van der Waals surface area (Å²) < 4.78 is 0. The topological polar surface area (TPSA) is 15.3 Å². The van der Waals surface area contributed by atoms with Crippen LogP contribution in [0.15, 0.2) is 0 Å². The Morgan fingerprint density at radius 3 is 2.56 bits per heavy atom. The molecule has 0 aliphatic carbocycles. The van der Waals surface area contributed by atoms with Crippen LogP contribution in [0.25, 0.3) is 0 Å². The third kappa shape index (κ3) is 4.89. The highest BCUT2D eigenvalue weighted by atomic mass is 15.1. The van der Waals surface area contributed by atoms with Gasteiger partial charge >= 0.3 is 0 Å². The standard InChI is InChI=1S/C16H34N2/c1-7-10-17-14(2)16(5,6)13-18-11-8-9-15(3,4)12-18/h14,17H,7-13H2,1-6H3. The first kappa shape index (κ1) is 16.0. The van der Waals surface area contributed by atoms with E-state index in [1.54, 1.807) is 0 Å². The minimum absolute atomic E-state index is 0.350. The van der Waals surface area contributed by atoms with Gasteiger partial charge in [0.2, 0.25) is 0 Å². The van der Waals surface area contributed by atoms with E-state index in [0.29, 0.717) is 16.9 Å². The predicted molar refractivity (Wildman–Crippen MR) is 81.0 cm³/mol. The SMILES string of the molecule is CCCNC(C)C(C)(C)CN1CCCC(C)(C)C1. The van der Waals surface area contributed by atoms with Crippen molar-refractivity contribution in [2.75, 3.05) is 26.2 Å². The summed E-state index contributed by atoms with van der Waals surface area (Å²) in [5, 5.41) is 3.66. The Labute approximate surface area is 115 Å². The van der Waals surface area contributed by atoms with Crippen molar-refractivity contribution >= 4 is 0 Å². The third-order valence-corrected chi connectivity index (χ3v) is 4.48. The molecule has 0 spiro atoms. The molecule has 0 aromatic rings. The van der Waals surface area contributed by atoms with Crippen molar-refractivity contribution in [2.24, 2.45) is 10.8 Å². The first-order valence-corrected chi connectivity index (χ1v) is 7.72. The summed E-state index contributed by atoms with van der Waals surface area (Å²) in [7, 11) is 0. The van der Waals surface area contributed by atoms with E-state index in [-0.39, 0.29) is 0 Å². The molecule has 1 saturated heterocycles. The van der Waals surface area contributed by atoms with Gasteiger partial charge in [0.1, 0.15) is 0 Å². The number of likely N-dealkylation sites (tertiary alicyclic amines) is 1. The van der Waals surface area contributed by atoms with Crippen LogP contribution < -0.4 is 5.32 Å². The number of nitrogens with zero attached hydrogens (tertiary/aromatic N) is 1. The lowest BCUT2D eigenvalue weighted by molar-refractivity contribution is 0.0682. The second-order valence-electron chi connectivity index (χ2n) is 7.64. The zero-order valence-corrected chi connectivity index (χ0v) is 13.5. The minimum Gasteiger partial charge on any atom is -0.314 e. The van der Waals surface area contributed by atoms with E-state index in [1.165, 1.54) is 38.9 Å². The maximum Gasteiger partial charge on any atom is 0.0102 e. The molecule has 1 aliphatic rings. The fraction of sp³-hybridized carbons (Fsp3) is 1.00. The molecule has 18 heavy (non-hydrogen) atoms. The molecule has 1 fully saturated rings. The molecule has 0 radical (unpaired) electrons. The third-order valence-electron chi connectivity index (χ3n) is 4.48. The van der Waals surface area contributed by atoms with Crippen LogP contribution in [-0.2, 0) is 0 Å². The lowest BCUT2D eigenvalue weighted by Crippen LogP contribution is -2.50. The molecule has 2 heteroatoms. The van der Waals surface area contributed by atoms with Crippen LogP contribution in [0.3, 0.4) is 0 Å². The molecule has 0 aromatic carbocycles. The molecule has 0 amide bonds. The molecule has 0 bridgehead atoms. The summed E-state index contributed by atoms with van der Waals surface area (Å²) >= 11 is 0. The highest BCUT2D eigenvalue weighted by Crippen LogP contribution is 2.31.